The van der Waals surface area contributed by atoms with Gasteiger partial charge >= 0.3 is 0 Å². The van der Waals surface area contributed by atoms with Crippen LogP contribution in [0.4, 0.5) is 0 Å². The van der Waals surface area contributed by atoms with Crippen LogP contribution >= 0.6 is 0 Å². The van der Waals surface area contributed by atoms with Gasteiger partial charge in [-0.15, -0.1) is 0 Å². The highest BCUT2D eigenvalue weighted by Gasteiger charge is 2.58. The molecule has 4 heterocycles. The number of nitrogens with zero attached hydrogens (tertiary/aromatic N) is 5. The quantitative estimate of drug-likeness (QED) is 0.639. The molecule has 1 N–H and O–H groups in total. The predicted molar refractivity (Wildman–Crippen MR) is 123 cm³/mol. The van der Waals surface area contributed by atoms with Crippen molar-refractivity contribution in [2.75, 3.05) is 13.1 Å². The molecule has 1 aromatic carbocycles. The minimum atomic E-state index is -3.60. The van der Waals surface area contributed by atoms with Crippen LogP contribution in [0.5, 0.6) is 0 Å². The molecule has 8 nitrogen and oxygen atoms in total. The fourth-order valence-corrected chi connectivity index (χ4v) is 8.36. The molecule has 3 atom stereocenters. The Bertz CT molecular complexity index is 1350. The van der Waals surface area contributed by atoms with Crippen molar-refractivity contribution < 1.29 is 13.5 Å². The number of fused-ring (bicyclic) bond motifs is 3. The second kappa shape index (κ2) is 7.01. The summed E-state index contributed by atoms with van der Waals surface area (Å²) in [7, 11) is -1.83. The highest BCUT2D eigenvalue weighted by molar-refractivity contribution is 7.89. The van der Waals surface area contributed by atoms with Gasteiger partial charge in [-0.1, -0.05) is 24.3 Å². The minimum Gasteiger partial charge on any atom is -0.392 e. The van der Waals surface area contributed by atoms with Crippen LogP contribution < -0.4 is 0 Å². The highest BCUT2D eigenvalue weighted by atomic mass is 32.2. The second-order valence-electron chi connectivity index (χ2n) is 9.92. The van der Waals surface area contributed by atoms with Gasteiger partial charge in [-0.3, -0.25) is 4.68 Å². The number of hydrogen-bond donors (Lipinski definition) is 1. The van der Waals surface area contributed by atoms with E-state index in [9.17, 15) is 13.5 Å². The number of imidazole rings is 1. The molecule has 2 aliphatic heterocycles. The zero-order valence-corrected chi connectivity index (χ0v) is 20.0. The van der Waals surface area contributed by atoms with E-state index in [2.05, 4.69) is 32.8 Å². The van der Waals surface area contributed by atoms with Crippen molar-refractivity contribution in [3.05, 3.63) is 53.7 Å². The fraction of sp³-hybridized carbons (Fsp3) is 0.500. The van der Waals surface area contributed by atoms with E-state index in [1.165, 1.54) is 11.1 Å². The van der Waals surface area contributed by atoms with E-state index in [1.54, 1.807) is 29.9 Å². The molecule has 0 amide bonds. The summed E-state index contributed by atoms with van der Waals surface area (Å²) in [6.45, 7) is 4.40. The van der Waals surface area contributed by atoms with Crippen LogP contribution in [0.1, 0.15) is 42.3 Å². The number of rotatable bonds is 3. The molecule has 0 bridgehead atoms. The van der Waals surface area contributed by atoms with Gasteiger partial charge in [0.15, 0.2) is 0 Å². The van der Waals surface area contributed by atoms with Crippen molar-refractivity contribution >= 4 is 10.0 Å². The Morgan fingerprint density at radius 2 is 1.88 bits per heavy atom. The van der Waals surface area contributed by atoms with Gasteiger partial charge in [-0.05, 0) is 44.1 Å². The highest BCUT2D eigenvalue weighted by Crippen LogP contribution is 2.59. The second-order valence-corrected chi connectivity index (χ2v) is 11.8. The van der Waals surface area contributed by atoms with E-state index in [4.69, 9.17) is 0 Å². The van der Waals surface area contributed by atoms with Gasteiger partial charge < -0.3 is 9.67 Å². The monoisotopic (exact) mass is 467 g/mol. The Balaban J connectivity index is 1.21. The first-order valence-electron chi connectivity index (χ1n) is 11.5. The molecular formula is C24H29N5O3S. The van der Waals surface area contributed by atoms with Crippen LogP contribution in [0.2, 0.25) is 0 Å². The third-order valence-corrected chi connectivity index (χ3v) is 10.5. The van der Waals surface area contributed by atoms with Crippen molar-refractivity contribution in [3.8, 4) is 11.3 Å². The molecular weight excluding hydrogens is 438 g/mol. The molecule has 6 rings (SSSR count). The number of aromatic nitrogens is 4. The number of benzene rings is 1. The summed E-state index contributed by atoms with van der Waals surface area (Å²) in [4.78, 5) is 4.67. The number of aliphatic hydroxyl groups is 1. The molecule has 3 aliphatic rings. The first-order valence-corrected chi connectivity index (χ1v) is 13.0. The maximum Gasteiger partial charge on any atom is 0.246 e. The molecule has 2 aromatic heterocycles. The number of hydrogen-bond acceptors (Lipinski definition) is 5. The summed E-state index contributed by atoms with van der Waals surface area (Å²) in [6.07, 6.45) is 5.54. The summed E-state index contributed by atoms with van der Waals surface area (Å²) in [5.74, 6) is 0.104. The molecule has 1 aliphatic carbocycles. The van der Waals surface area contributed by atoms with Crippen LogP contribution in [0.15, 0.2) is 41.7 Å². The van der Waals surface area contributed by atoms with E-state index >= 15 is 0 Å². The number of piperidine rings is 1. The number of aliphatic hydroxyl groups excluding tert-OH is 1. The lowest BCUT2D eigenvalue weighted by atomic mass is 9.53. The van der Waals surface area contributed by atoms with Crippen LogP contribution in [0, 0.1) is 25.2 Å². The lowest BCUT2D eigenvalue weighted by Crippen LogP contribution is -2.59. The lowest BCUT2D eigenvalue weighted by Gasteiger charge is -2.57. The molecule has 1 unspecified atom stereocenters. The van der Waals surface area contributed by atoms with Gasteiger partial charge in [0.2, 0.25) is 10.0 Å². The van der Waals surface area contributed by atoms with Crippen LogP contribution in [-0.2, 0) is 17.1 Å². The zero-order valence-electron chi connectivity index (χ0n) is 19.1. The zero-order chi connectivity index (χ0) is 23.1. The maximum absolute atomic E-state index is 13.4. The van der Waals surface area contributed by atoms with E-state index < -0.39 is 16.1 Å². The first kappa shape index (κ1) is 21.1. The fourth-order valence-electron chi connectivity index (χ4n) is 6.52. The molecule has 1 saturated heterocycles. The maximum atomic E-state index is 13.4. The number of aryl methyl sites for hydroxylation is 2. The summed E-state index contributed by atoms with van der Waals surface area (Å²) >= 11 is 0. The van der Waals surface area contributed by atoms with Gasteiger partial charge in [0.05, 0.1) is 41.8 Å². The molecule has 3 aromatic rings. The molecule has 1 spiro atoms. The normalized spacial score (nSPS) is 26.2. The largest absolute Gasteiger partial charge is 0.392 e. The standard InChI is InChI=1S/C24H29N5O3S/c1-15-22(16(2)27(3)26-15)33(31,32)28-10-8-24(9-11-28)12-19(23(24)30)21-18-7-5-4-6-17(18)20-13-25-14-29(20)21/h4-7,13-14,19,21,23,30H,8-12H2,1-3H3/t19-,21?,23+/m0/s1. The minimum absolute atomic E-state index is 0.0850. The topological polar surface area (TPSA) is 93.3 Å². The van der Waals surface area contributed by atoms with Gasteiger partial charge in [0, 0.05) is 31.6 Å². The molecule has 0 radical (unpaired) electrons. The Kier molecular flexibility index (Phi) is 4.47. The first-order chi connectivity index (χ1) is 15.7. The van der Waals surface area contributed by atoms with E-state index in [-0.39, 0.29) is 17.4 Å². The lowest BCUT2D eigenvalue weighted by molar-refractivity contribution is -0.152. The predicted octanol–water partition coefficient (Wildman–Crippen LogP) is 2.66. The summed E-state index contributed by atoms with van der Waals surface area (Å²) in [6, 6.07) is 8.45. The van der Waals surface area contributed by atoms with Crippen molar-refractivity contribution in [1.82, 2.24) is 23.6 Å². The van der Waals surface area contributed by atoms with Crippen LogP contribution in [-0.4, -0.2) is 56.4 Å². The van der Waals surface area contributed by atoms with E-state index in [0.29, 0.717) is 42.2 Å². The van der Waals surface area contributed by atoms with Gasteiger partial charge in [-0.25, -0.2) is 13.4 Å². The number of sulfonamides is 1. The van der Waals surface area contributed by atoms with Crippen molar-refractivity contribution in [1.29, 1.82) is 0 Å². The average molecular weight is 468 g/mol. The molecule has 174 valence electrons. The third-order valence-electron chi connectivity index (χ3n) is 8.36. The van der Waals surface area contributed by atoms with Gasteiger partial charge in [0.25, 0.3) is 0 Å². The summed E-state index contributed by atoms with van der Waals surface area (Å²) < 4.78 is 32.1. The Hall–Kier alpha value is -2.49. The van der Waals surface area contributed by atoms with Crippen molar-refractivity contribution in [3.63, 3.8) is 0 Å². The summed E-state index contributed by atoms with van der Waals surface area (Å²) in [5.41, 5.74) is 4.52. The van der Waals surface area contributed by atoms with Crippen molar-refractivity contribution in [2.45, 2.75) is 50.2 Å². The SMILES string of the molecule is Cc1nn(C)c(C)c1S(=O)(=O)N1CCC2(CC1)C[C@@H](C1c3ccccc3-c3cncn31)[C@H]2O. The molecule has 2 fully saturated rings. The Morgan fingerprint density at radius 1 is 1.15 bits per heavy atom. The van der Waals surface area contributed by atoms with Gasteiger partial charge in [0.1, 0.15) is 4.90 Å². The third kappa shape index (κ3) is 2.79. The van der Waals surface area contributed by atoms with Crippen LogP contribution in [0.3, 0.4) is 0 Å². The average Bonchev–Trinajstić information content (AvgIpc) is 3.45. The summed E-state index contributed by atoms with van der Waals surface area (Å²) in [5, 5.41) is 15.7. The molecule has 33 heavy (non-hydrogen) atoms. The van der Waals surface area contributed by atoms with Crippen LogP contribution in [0.25, 0.3) is 11.3 Å². The molecule has 1 saturated carbocycles. The Labute approximate surface area is 193 Å². The Morgan fingerprint density at radius 3 is 2.55 bits per heavy atom. The van der Waals surface area contributed by atoms with Gasteiger partial charge in [-0.2, -0.15) is 9.40 Å². The van der Waals surface area contributed by atoms with E-state index in [1.807, 2.05) is 18.6 Å². The smallest absolute Gasteiger partial charge is 0.246 e. The van der Waals surface area contributed by atoms with Crippen molar-refractivity contribution in [2.24, 2.45) is 18.4 Å². The van der Waals surface area contributed by atoms with E-state index in [0.717, 1.165) is 12.1 Å². The molecule has 9 heteroatoms.